The predicted octanol–water partition coefficient (Wildman–Crippen LogP) is 3.68. The van der Waals surface area contributed by atoms with Gasteiger partial charge in [0.1, 0.15) is 5.39 Å². The predicted molar refractivity (Wildman–Crippen MR) is 111 cm³/mol. The number of rotatable bonds is 3. The third-order valence-electron chi connectivity index (χ3n) is 5.01. The molecule has 0 radical (unpaired) electrons. The number of para-hydroxylation sites is 2. The van der Waals surface area contributed by atoms with Crippen LogP contribution < -0.4 is 11.1 Å². The number of H-pyrrole nitrogens is 1. The smallest absolute Gasteiger partial charge is 0.277 e. The fourth-order valence-corrected chi connectivity index (χ4v) is 3.73. The molecule has 0 bridgehead atoms. The summed E-state index contributed by atoms with van der Waals surface area (Å²) < 4.78 is 3.38. The second-order valence-corrected chi connectivity index (χ2v) is 6.73. The highest BCUT2D eigenvalue weighted by Crippen LogP contribution is 2.24. The van der Waals surface area contributed by atoms with Gasteiger partial charge in [-0.15, -0.1) is 0 Å². The topological polar surface area (TPSA) is 59.8 Å². The highest BCUT2D eigenvalue weighted by Gasteiger charge is 2.18. The first kappa shape index (κ1) is 16.3. The average Bonchev–Trinajstić information content (AvgIpc) is 3.10. The number of hydrogen-bond donors (Lipinski definition) is 1. The van der Waals surface area contributed by atoms with E-state index in [-0.39, 0.29) is 16.5 Å². The van der Waals surface area contributed by atoms with Crippen molar-refractivity contribution in [2.75, 3.05) is 0 Å². The van der Waals surface area contributed by atoms with Crippen molar-refractivity contribution in [3.8, 4) is 5.69 Å². The molecule has 2 heterocycles. The molecule has 0 unspecified atom stereocenters. The van der Waals surface area contributed by atoms with Gasteiger partial charge in [0, 0.05) is 5.39 Å². The van der Waals surface area contributed by atoms with Crippen LogP contribution in [-0.2, 0) is 6.54 Å². The molecular formula is C23H17N3O2. The van der Waals surface area contributed by atoms with E-state index < -0.39 is 0 Å². The molecule has 3 aromatic carbocycles. The van der Waals surface area contributed by atoms with Crippen molar-refractivity contribution in [1.29, 1.82) is 0 Å². The molecule has 5 rings (SSSR count). The number of nitrogens with zero attached hydrogens (tertiary/aromatic N) is 2. The Labute approximate surface area is 160 Å². The van der Waals surface area contributed by atoms with Crippen LogP contribution in [0.2, 0.25) is 0 Å². The molecule has 0 atom stereocenters. The van der Waals surface area contributed by atoms with Crippen LogP contribution in [0, 0.1) is 0 Å². The Hall–Kier alpha value is -3.86. The molecule has 0 saturated carbocycles. The molecule has 5 aromatic rings. The van der Waals surface area contributed by atoms with Gasteiger partial charge in [-0.05, 0) is 23.8 Å². The summed E-state index contributed by atoms with van der Waals surface area (Å²) in [6.45, 7) is 0.409. The molecule has 0 spiro atoms. The molecular weight excluding hydrogens is 350 g/mol. The molecule has 5 heteroatoms. The molecule has 5 nitrogen and oxygen atoms in total. The summed E-state index contributed by atoms with van der Waals surface area (Å²) in [5, 5.41) is 3.88. The number of aromatic nitrogens is 3. The highest BCUT2D eigenvalue weighted by atomic mass is 16.1. The first-order valence-electron chi connectivity index (χ1n) is 9.09. The van der Waals surface area contributed by atoms with Gasteiger partial charge in [0.05, 0.1) is 23.3 Å². The SMILES string of the molecule is O=c1[nH]n(-c2ccccc2)c2c1c(=O)n(Cc1ccccc1)c1ccccc21. The Morgan fingerprint density at radius 1 is 0.750 bits per heavy atom. The van der Waals surface area contributed by atoms with E-state index in [4.69, 9.17) is 0 Å². The van der Waals surface area contributed by atoms with Gasteiger partial charge in [0.2, 0.25) is 0 Å². The van der Waals surface area contributed by atoms with E-state index in [0.29, 0.717) is 12.1 Å². The lowest BCUT2D eigenvalue weighted by atomic mass is 10.1. The van der Waals surface area contributed by atoms with E-state index in [1.165, 1.54) is 0 Å². The number of benzene rings is 3. The zero-order valence-electron chi connectivity index (χ0n) is 15.0. The van der Waals surface area contributed by atoms with Gasteiger partial charge in [-0.1, -0.05) is 66.7 Å². The zero-order valence-corrected chi connectivity index (χ0v) is 15.0. The van der Waals surface area contributed by atoms with E-state index in [0.717, 1.165) is 22.2 Å². The molecule has 0 aliphatic carbocycles. The van der Waals surface area contributed by atoms with Crippen LogP contribution in [0.3, 0.4) is 0 Å². The molecule has 0 saturated heterocycles. The van der Waals surface area contributed by atoms with Gasteiger partial charge in [-0.3, -0.25) is 19.4 Å². The number of aromatic amines is 1. The lowest BCUT2D eigenvalue weighted by Gasteiger charge is -2.13. The standard InChI is InChI=1S/C23H17N3O2/c27-22-20-21(26(24-22)17-11-5-2-6-12-17)18-13-7-8-14-19(18)25(23(20)28)15-16-9-3-1-4-10-16/h1-14H,15H2,(H,24,27). The minimum absolute atomic E-state index is 0.179. The van der Waals surface area contributed by atoms with Crippen molar-refractivity contribution >= 4 is 21.8 Å². The van der Waals surface area contributed by atoms with Crippen molar-refractivity contribution in [2.45, 2.75) is 6.54 Å². The van der Waals surface area contributed by atoms with Crippen LogP contribution in [0.5, 0.6) is 0 Å². The number of hydrogen-bond acceptors (Lipinski definition) is 2. The summed E-state index contributed by atoms with van der Waals surface area (Å²) in [5.74, 6) is 0. The Bertz CT molecular complexity index is 1410. The first-order valence-corrected chi connectivity index (χ1v) is 9.09. The van der Waals surface area contributed by atoms with Crippen molar-refractivity contribution < 1.29 is 0 Å². The summed E-state index contributed by atoms with van der Waals surface area (Å²) in [4.78, 5) is 26.1. The van der Waals surface area contributed by atoms with E-state index in [9.17, 15) is 9.59 Å². The van der Waals surface area contributed by atoms with Gasteiger partial charge in [0.25, 0.3) is 11.1 Å². The Morgan fingerprint density at radius 3 is 2.14 bits per heavy atom. The van der Waals surface area contributed by atoms with Crippen LogP contribution >= 0.6 is 0 Å². The Balaban J connectivity index is 1.89. The number of pyridine rings is 1. The fourth-order valence-electron chi connectivity index (χ4n) is 3.73. The maximum Gasteiger partial charge on any atom is 0.277 e. The Morgan fingerprint density at radius 2 is 1.39 bits per heavy atom. The zero-order chi connectivity index (χ0) is 19.1. The van der Waals surface area contributed by atoms with Crippen LogP contribution in [0.15, 0.2) is 94.5 Å². The molecule has 136 valence electrons. The van der Waals surface area contributed by atoms with Gasteiger partial charge < -0.3 is 4.57 Å². The van der Waals surface area contributed by atoms with E-state index in [1.807, 2.05) is 84.9 Å². The summed E-state index contributed by atoms with van der Waals surface area (Å²) in [7, 11) is 0. The molecule has 0 amide bonds. The summed E-state index contributed by atoms with van der Waals surface area (Å²) in [6, 6.07) is 27.0. The third kappa shape index (κ3) is 2.48. The first-order chi connectivity index (χ1) is 13.7. The molecule has 1 N–H and O–H groups in total. The monoisotopic (exact) mass is 367 g/mol. The minimum Gasteiger partial charge on any atom is -0.303 e. The van der Waals surface area contributed by atoms with Crippen LogP contribution in [-0.4, -0.2) is 14.3 Å². The lowest BCUT2D eigenvalue weighted by molar-refractivity contribution is 0.802. The van der Waals surface area contributed by atoms with E-state index >= 15 is 0 Å². The van der Waals surface area contributed by atoms with Crippen LogP contribution in [0.1, 0.15) is 5.56 Å². The van der Waals surface area contributed by atoms with Gasteiger partial charge in [-0.25, -0.2) is 0 Å². The van der Waals surface area contributed by atoms with Crippen LogP contribution in [0.25, 0.3) is 27.5 Å². The van der Waals surface area contributed by atoms with E-state index in [1.54, 1.807) is 9.25 Å². The van der Waals surface area contributed by atoms with Crippen molar-refractivity contribution in [2.24, 2.45) is 0 Å². The quantitative estimate of drug-likeness (QED) is 0.529. The summed E-state index contributed by atoms with van der Waals surface area (Å²) >= 11 is 0. The largest absolute Gasteiger partial charge is 0.303 e. The normalized spacial score (nSPS) is 11.3. The fraction of sp³-hybridized carbons (Fsp3) is 0.0435. The van der Waals surface area contributed by atoms with Gasteiger partial charge in [-0.2, -0.15) is 0 Å². The minimum atomic E-state index is -0.378. The van der Waals surface area contributed by atoms with Crippen molar-refractivity contribution in [1.82, 2.24) is 14.3 Å². The third-order valence-corrected chi connectivity index (χ3v) is 5.01. The second kappa shape index (κ2) is 6.39. The maximum atomic E-state index is 13.3. The lowest BCUT2D eigenvalue weighted by Crippen LogP contribution is -2.24. The summed E-state index contributed by atoms with van der Waals surface area (Å²) in [6.07, 6.45) is 0. The van der Waals surface area contributed by atoms with Gasteiger partial charge >= 0.3 is 0 Å². The van der Waals surface area contributed by atoms with E-state index in [2.05, 4.69) is 5.10 Å². The second-order valence-electron chi connectivity index (χ2n) is 6.73. The summed E-state index contributed by atoms with van der Waals surface area (Å²) in [5.41, 5.74) is 2.56. The molecule has 0 aliphatic rings. The molecule has 0 aliphatic heterocycles. The maximum absolute atomic E-state index is 13.3. The van der Waals surface area contributed by atoms with Crippen molar-refractivity contribution in [3.63, 3.8) is 0 Å². The van der Waals surface area contributed by atoms with Crippen LogP contribution in [0.4, 0.5) is 0 Å². The molecule has 2 aromatic heterocycles. The number of fused-ring (bicyclic) bond motifs is 3. The average molecular weight is 367 g/mol. The Kier molecular flexibility index (Phi) is 3.72. The number of nitrogens with one attached hydrogen (secondary N) is 1. The molecule has 28 heavy (non-hydrogen) atoms. The highest BCUT2D eigenvalue weighted by molar-refractivity contribution is 6.04. The van der Waals surface area contributed by atoms with Crippen molar-refractivity contribution in [3.05, 3.63) is 111 Å². The van der Waals surface area contributed by atoms with Gasteiger partial charge in [0.15, 0.2) is 0 Å². The molecule has 0 fully saturated rings.